The summed E-state index contributed by atoms with van der Waals surface area (Å²) in [5, 5.41) is 9.99. The maximum Gasteiger partial charge on any atom is 0.438 e. The predicted octanol–water partition coefficient (Wildman–Crippen LogP) is 3.06. The van der Waals surface area contributed by atoms with Gasteiger partial charge in [0.2, 0.25) is 0 Å². The van der Waals surface area contributed by atoms with Crippen LogP contribution < -0.4 is 16.6 Å². The summed E-state index contributed by atoms with van der Waals surface area (Å²) in [7, 11) is 1.77. The average Bonchev–Trinajstić information content (AvgIpc) is 3.45. The third-order valence-electron chi connectivity index (χ3n) is 5.68. The number of halogens is 2. The maximum absolute atomic E-state index is 14.4. The van der Waals surface area contributed by atoms with Gasteiger partial charge in [-0.25, -0.2) is 14.6 Å². The first-order valence-corrected chi connectivity index (χ1v) is 11.1. The fraction of sp³-hybridized carbons (Fsp3) is 0.217. The molecular formula is C23H20ClFN6O4. The number of aryl methyl sites for hydroxylation is 1. The summed E-state index contributed by atoms with van der Waals surface area (Å²) in [5.41, 5.74) is 4.70. The molecule has 1 aliphatic heterocycles. The molecule has 180 valence electrons. The zero-order chi connectivity index (χ0) is 24.7. The summed E-state index contributed by atoms with van der Waals surface area (Å²) < 4.78 is 26.8. The summed E-state index contributed by atoms with van der Waals surface area (Å²) in [5.74, 6) is -0.562. The quantitative estimate of drug-likeness (QED) is 0.389. The van der Waals surface area contributed by atoms with Gasteiger partial charge in [-0.05, 0) is 37.1 Å². The molecule has 4 heterocycles. The molecule has 12 heteroatoms. The summed E-state index contributed by atoms with van der Waals surface area (Å²) >= 11 is 6.36. The minimum atomic E-state index is -0.681. The molecule has 0 spiro atoms. The Balaban J connectivity index is 1.45. The van der Waals surface area contributed by atoms with E-state index in [4.69, 9.17) is 16.0 Å². The highest BCUT2D eigenvalue weighted by Gasteiger charge is 2.25. The average molecular weight is 499 g/mol. The van der Waals surface area contributed by atoms with Crippen LogP contribution in [0, 0.1) is 12.7 Å². The molecule has 0 aliphatic carbocycles. The highest BCUT2D eigenvalue weighted by Crippen LogP contribution is 2.29. The highest BCUT2D eigenvalue weighted by atomic mass is 35.5. The van der Waals surface area contributed by atoms with Crippen molar-refractivity contribution in [1.29, 1.82) is 0 Å². The Hall–Kier alpha value is -3.96. The van der Waals surface area contributed by atoms with E-state index in [1.165, 1.54) is 12.1 Å². The molecule has 1 unspecified atom stereocenters. The molecule has 3 aromatic heterocycles. The van der Waals surface area contributed by atoms with Crippen LogP contribution in [0.15, 0.2) is 66.4 Å². The summed E-state index contributed by atoms with van der Waals surface area (Å²) in [4.78, 5) is 26.9. The lowest BCUT2D eigenvalue weighted by atomic mass is 10.0. The van der Waals surface area contributed by atoms with Crippen molar-refractivity contribution in [2.45, 2.75) is 19.4 Å². The van der Waals surface area contributed by atoms with Crippen molar-refractivity contribution in [3.8, 4) is 11.3 Å². The number of aromatic amines is 1. The second kappa shape index (κ2) is 9.01. The van der Waals surface area contributed by atoms with Gasteiger partial charge in [-0.1, -0.05) is 28.9 Å². The number of hydrogen-bond donors (Lipinski definition) is 2. The third-order valence-corrected chi connectivity index (χ3v) is 5.98. The number of H-pyrrole nitrogens is 1. The van der Waals surface area contributed by atoms with Crippen molar-refractivity contribution in [3.05, 3.63) is 91.5 Å². The monoisotopic (exact) mass is 498 g/mol. The Kier molecular flexibility index (Phi) is 5.87. The van der Waals surface area contributed by atoms with Crippen molar-refractivity contribution < 1.29 is 13.3 Å². The Labute approximate surface area is 202 Å². The molecular weight excluding hydrogens is 479 g/mol. The topological polar surface area (TPSA) is 122 Å². The van der Waals surface area contributed by atoms with Gasteiger partial charge in [0.1, 0.15) is 28.4 Å². The van der Waals surface area contributed by atoms with Crippen LogP contribution >= 0.6 is 11.6 Å². The van der Waals surface area contributed by atoms with Gasteiger partial charge in [-0.3, -0.25) is 24.0 Å². The fourth-order valence-electron chi connectivity index (χ4n) is 4.03. The van der Waals surface area contributed by atoms with E-state index in [-0.39, 0.29) is 16.6 Å². The van der Waals surface area contributed by atoms with Gasteiger partial charge in [0.05, 0.1) is 17.1 Å². The van der Waals surface area contributed by atoms with Gasteiger partial charge < -0.3 is 4.42 Å². The Morgan fingerprint density at radius 1 is 1.31 bits per heavy atom. The molecule has 4 aromatic rings. The number of fused-ring (bicyclic) bond motifs is 1. The first-order chi connectivity index (χ1) is 16.8. The largest absolute Gasteiger partial charge is 0.455 e. The number of aromatic nitrogens is 4. The molecule has 0 radical (unpaired) electrons. The minimum absolute atomic E-state index is 0.169. The summed E-state index contributed by atoms with van der Waals surface area (Å²) in [6.07, 6.45) is 8.83. The molecule has 5 rings (SSSR count). The highest BCUT2D eigenvalue weighted by molar-refractivity contribution is 6.29. The van der Waals surface area contributed by atoms with Crippen LogP contribution in [0.2, 0.25) is 0 Å². The first-order valence-electron chi connectivity index (χ1n) is 10.7. The van der Waals surface area contributed by atoms with E-state index in [0.717, 1.165) is 0 Å². The van der Waals surface area contributed by atoms with Gasteiger partial charge >= 0.3 is 5.76 Å². The van der Waals surface area contributed by atoms with E-state index < -0.39 is 17.6 Å². The van der Waals surface area contributed by atoms with Crippen LogP contribution in [-0.2, 0) is 13.5 Å². The van der Waals surface area contributed by atoms with Crippen LogP contribution in [0.5, 0.6) is 0 Å². The van der Waals surface area contributed by atoms with Crippen molar-refractivity contribution in [2.75, 3.05) is 6.54 Å². The van der Waals surface area contributed by atoms with Gasteiger partial charge in [0.15, 0.2) is 11.3 Å². The van der Waals surface area contributed by atoms with Crippen LogP contribution in [0.25, 0.3) is 22.3 Å². The number of nitrogens with zero attached hydrogens (tertiary/aromatic N) is 4. The van der Waals surface area contributed by atoms with Crippen molar-refractivity contribution in [1.82, 2.24) is 30.4 Å². The van der Waals surface area contributed by atoms with Crippen LogP contribution in [0.4, 0.5) is 4.39 Å². The Bertz CT molecular complexity index is 1600. The molecule has 10 nitrogen and oxygen atoms in total. The Morgan fingerprint density at radius 3 is 2.86 bits per heavy atom. The van der Waals surface area contributed by atoms with Crippen LogP contribution in [-0.4, -0.2) is 31.5 Å². The number of allylic oxidation sites excluding steroid dienone is 2. The third kappa shape index (κ3) is 4.31. The van der Waals surface area contributed by atoms with Crippen molar-refractivity contribution >= 4 is 22.6 Å². The molecule has 0 amide bonds. The number of hydrogen-bond acceptors (Lipinski definition) is 8. The molecule has 0 saturated heterocycles. The molecule has 1 atom stereocenters. The van der Waals surface area contributed by atoms with E-state index in [2.05, 4.69) is 25.2 Å². The lowest BCUT2D eigenvalue weighted by molar-refractivity contribution is 0.208. The molecule has 2 N–H and O–H groups in total. The maximum atomic E-state index is 14.4. The number of benzene rings is 1. The first kappa shape index (κ1) is 22.8. The smallest absolute Gasteiger partial charge is 0.438 e. The number of hydrazine groups is 1. The van der Waals surface area contributed by atoms with Crippen molar-refractivity contribution in [2.24, 2.45) is 7.05 Å². The van der Waals surface area contributed by atoms with Crippen LogP contribution in [0.3, 0.4) is 0 Å². The summed E-state index contributed by atoms with van der Waals surface area (Å²) in [6, 6.07) is 2.00. The molecule has 35 heavy (non-hydrogen) atoms. The zero-order valence-corrected chi connectivity index (χ0v) is 19.5. The van der Waals surface area contributed by atoms with Gasteiger partial charge in [-0.2, -0.15) is 5.10 Å². The van der Waals surface area contributed by atoms with Crippen molar-refractivity contribution in [3.63, 3.8) is 0 Å². The standard InChI is InChI=1S/C23H20ClFN6O4/c1-12-19(32)16-9-15(25)8-13(21(16)34-20(12)14-10-27-30(2)11-14)6-7-26-31-17(4-3-5-18(31)24)22-28-23(33)35-29-22/h3-5,8-11,17,26H,6-7H2,1-2H3,(H,28,29,33). The lowest BCUT2D eigenvalue weighted by Gasteiger charge is -2.31. The van der Waals surface area contributed by atoms with E-state index >= 15 is 0 Å². The number of nitrogens with one attached hydrogen (secondary N) is 2. The van der Waals surface area contributed by atoms with Gasteiger partial charge in [0.25, 0.3) is 0 Å². The van der Waals surface area contributed by atoms with E-state index in [1.54, 1.807) is 54.3 Å². The summed E-state index contributed by atoms with van der Waals surface area (Å²) in [6.45, 7) is 1.95. The predicted molar refractivity (Wildman–Crippen MR) is 126 cm³/mol. The molecule has 0 fully saturated rings. The van der Waals surface area contributed by atoms with Gasteiger partial charge in [-0.15, -0.1) is 0 Å². The fourth-order valence-corrected chi connectivity index (χ4v) is 4.27. The normalized spacial score (nSPS) is 15.7. The zero-order valence-electron chi connectivity index (χ0n) is 18.7. The van der Waals surface area contributed by atoms with E-state index in [9.17, 15) is 14.0 Å². The molecule has 0 bridgehead atoms. The Morgan fingerprint density at radius 2 is 2.14 bits per heavy atom. The second-order valence-corrected chi connectivity index (χ2v) is 8.44. The van der Waals surface area contributed by atoms with E-state index in [1.807, 2.05) is 0 Å². The molecule has 1 aromatic carbocycles. The molecule has 1 aliphatic rings. The minimum Gasteiger partial charge on any atom is -0.455 e. The van der Waals surface area contributed by atoms with Crippen LogP contribution in [0.1, 0.15) is 23.0 Å². The van der Waals surface area contributed by atoms with E-state index in [0.29, 0.717) is 46.2 Å². The number of rotatable bonds is 6. The molecule has 0 saturated carbocycles. The lowest BCUT2D eigenvalue weighted by Crippen LogP contribution is -2.41. The second-order valence-electron chi connectivity index (χ2n) is 8.06. The van der Waals surface area contributed by atoms with Gasteiger partial charge in [0, 0.05) is 25.4 Å². The SMILES string of the molecule is Cc1c(-c2cnn(C)c2)oc2c(CCNN3C(Cl)=CC=CC3c3noc(=O)[nH]3)cc(F)cc2c1=O.